The second-order valence-corrected chi connectivity index (χ2v) is 7.18. The van der Waals surface area contributed by atoms with Crippen molar-refractivity contribution in [2.45, 2.75) is 32.2 Å². The van der Waals surface area contributed by atoms with Crippen molar-refractivity contribution >= 4 is 29.1 Å². The average Bonchev–Trinajstić information content (AvgIpc) is 2.60. The van der Waals surface area contributed by atoms with Crippen molar-refractivity contribution < 1.29 is 4.79 Å². The fourth-order valence-corrected chi connectivity index (χ4v) is 3.99. The molecule has 0 saturated carbocycles. The van der Waals surface area contributed by atoms with Crippen LogP contribution in [0.25, 0.3) is 0 Å². The largest absolute Gasteiger partial charge is 0.336 e. The van der Waals surface area contributed by atoms with Crippen LogP contribution in [0.1, 0.15) is 36.9 Å². The first-order valence-corrected chi connectivity index (χ1v) is 9.12. The van der Waals surface area contributed by atoms with Crippen LogP contribution < -0.4 is 0 Å². The van der Waals surface area contributed by atoms with E-state index in [2.05, 4.69) is 19.1 Å². The van der Waals surface area contributed by atoms with Crippen LogP contribution in [0.3, 0.4) is 0 Å². The summed E-state index contributed by atoms with van der Waals surface area (Å²) in [5, 5.41) is 1.28. The van der Waals surface area contributed by atoms with E-state index in [-0.39, 0.29) is 17.9 Å². The van der Waals surface area contributed by atoms with Gasteiger partial charge >= 0.3 is 0 Å². The summed E-state index contributed by atoms with van der Waals surface area (Å²) in [7, 11) is 0. The Bertz CT molecular complexity index is 697. The molecule has 2 nitrogen and oxygen atoms in total. The Morgan fingerprint density at radius 3 is 2.42 bits per heavy atom. The number of benzene rings is 2. The molecule has 0 N–H and O–H groups in total. The maximum Gasteiger partial charge on any atom is 0.226 e. The van der Waals surface area contributed by atoms with Gasteiger partial charge in [-0.05, 0) is 49.4 Å². The molecular weight excluding hydrogens is 341 g/mol. The lowest BCUT2D eigenvalue weighted by atomic mass is 9.89. The molecule has 2 atom stereocenters. The Morgan fingerprint density at radius 1 is 1.08 bits per heavy atom. The molecule has 24 heavy (non-hydrogen) atoms. The molecule has 2 aromatic carbocycles. The van der Waals surface area contributed by atoms with Crippen LogP contribution in [-0.2, 0) is 11.2 Å². The van der Waals surface area contributed by atoms with Crippen molar-refractivity contribution in [2.75, 3.05) is 6.54 Å². The molecule has 1 heterocycles. The van der Waals surface area contributed by atoms with E-state index in [1.54, 1.807) is 0 Å². The Hall–Kier alpha value is -1.51. The number of hydrogen-bond donors (Lipinski definition) is 0. The average molecular weight is 362 g/mol. The monoisotopic (exact) mass is 361 g/mol. The second kappa shape index (κ2) is 7.58. The lowest BCUT2D eigenvalue weighted by molar-refractivity contribution is -0.140. The van der Waals surface area contributed by atoms with Gasteiger partial charge in [0.05, 0.1) is 6.04 Å². The van der Waals surface area contributed by atoms with E-state index in [1.807, 2.05) is 41.3 Å². The molecule has 1 aliphatic heterocycles. The zero-order chi connectivity index (χ0) is 17.1. The summed E-state index contributed by atoms with van der Waals surface area (Å²) >= 11 is 12.6. The normalized spacial score (nSPS) is 19.4. The summed E-state index contributed by atoms with van der Waals surface area (Å²) in [4.78, 5) is 15.0. The quantitative estimate of drug-likeness (QED) is 0.700. The molecule has 0 bridgehead atoms. The van der Waals surface area contributed by atoms with Crippen LogP contribution in [0.5, 0.6) is 0 Å². The zero-order valence-corrected chi connectivity index (χ0v) is 15.2. The van der Waals surface area contributed by atoms with E-state index < -0.39 is 0 Å². The van der Waals surface area contributed by atoms with Gasteiger partial charge in [0.15, 0.2) is 0 Å². The topological polar surface area (TPSA) is 20.3 Å². The minimum atomic E-state index is -0.0534. The van der Waals surface area contributed by atoms with Crippen molar-refractivity contribution in [3.05, 3.63) is 69.7 Å². The van der Waals surface area contributed by atoms with E-state index in [0.29, 0.717) is 16.5 Å². The predicted octanol–water partition coefficient (Wildman–Crippen LogP) is 5.54. The molecule has 0 radical (unpaired) electrons. The third-order valence-corrected chi connectivity index (χ3v) is 5.55. The third kappa shape index (κ3) is 3.60. The lowest BCUT2D eigenvalue weighted by Gasteiger charge is -2.37. The van der Waals surface area contributed by atoms with Crippen LogP contribution in [0.15, 0.2) is 48.5 Å². The third-order valence-electron chi connectivity index (χ3n) is 4.85. The van der Waals surface area contributed by atoms with Crippen molar-refractivity contribution in [3.63, 3.8) is 0 Å². The Labute approximate surface area is 153 Å². The van der Waals surface area contributed by atoms with Gasteiger partial charge in [0.2, 0.25) is 5.91 Å². The van der Waals surface area contributed by atoms with E-state index in [9.17, 15) is 4.79 Å². The van der Waals surface area contributed by atoms with E-state index in [1.165, 1.54) is 5.56 Å². The second-order valence-electron chi connectivity index (χ2n) is 6.36. The summed E-state index contributed by atoms with van der Waals surface area (Å²) in [6.45, 7) is 2.90. The molecule has 4 heteroatoms. The van der Waals surface area contributed by atoms with Crippen molar-refractivity contribution in [1.29, 1.82) is 0 Å². The van der Waals surface area contributed by atoms with Gasteiger partial charge < -0.3 is 4.90 Å². The number of halogens is 2. The van der Waals surface area contributed by atoms with Crippen LogP contribution >= 0.6 is 23.2 Å². The SMILES string of the molecule is C[C@@H](c1ccccc1)N1CCC[C@H](Cc2c(Cl)cccc2Cl)C1=O. The minimum absolute atomic E-state index is 0.0534. The summed E-state index contributed by atoms with van der Waals surface area (Å²) in [6, 6.07) is 15.8. The van der Waals surface area contributed by atoms with Crippen LogP contribution in [-0.4, -0.2) is 17.4 Å². The number of piperidine rings is 1. The number of likely N-dealkylation sites (tertiary alicyclic amines) is 1. The standard InChI is InChI=1S/C20H21Cl2NO/c1-14(15-7-3-2-4-8-15)23-12-6-9-16(20(23)24)13-17-18(21)10-5-11-19(17)22/h2-5,7-8,10-11,14,16H,6,9,12-13H2,1H3/t14-,16+/m0/s1. The van der Waals surface area contributed by atoms with Crippen LogP contribution in [0.2, 0.25) is 10.0 Å². The lowest BCUT2D eigenvalue weighted by Crippen LogP contribution is -2.43. The van der Waals surface area contributed by atoms with Gasteiger partial charge in [0.25, 0.3) is 0 Å². The molecular formula is C20H21Cl2NO. The maximum atomic E-state index is 13.0. The van der Waals surface area contributed by atoms with Crippen molar-refractivity contribution in [2.24, 2.45) is 5.92 Å². The summed E-state index contributed by atoms with van der Waals surface area (Å²) < 4.78 is 0. The van der Waals surface area contributed by atoms with Crippen molar-refractivity contribution in [3.8, 4) is 0 Å². The summed E-state index contributed by atoms with van der Waals surface area (Å²) in [5.74, 6) is 0.149. The molecule has 126 valence electrons. The highest BCUT2D eigenvalue weighted by atomic mass is 35.5. The highest BCUT2D eigenvalue weighted by Crippen LogP contribution is 2.33. The molecule has 0 aromatic heterocycles. The minimum Gasteiger partial charge on any atom is -0.336 e. The molecule has 3 rings (SSSR count). The number of rotatable bonds is 4. The van der Waals surface area contributed by atoms with Gasteiger partial charge in [0.1, 0.15) is 0 Å². The Balaban J connectivity index is 1.78. The first-order valence-electron chi connectivity index (χ1n) is 8.36. The molecule has 1 saturated heterocycles. The number of hydrogen-bond acceptors (Lipinski definition) is 1. The highest BCUT2D eigenvalue weighted by molar-refractivity contribution is 6.36. The molecule has 1 aliphatic rings. The summed E-state index contributed by atoms with van der Waals surface area (Å²) in [6.07, 6.45) is 2.50. The van der Waals surface area contributed by atoms with Gasteiger partial charge in [-0.15, -0.1) is 0 Å². The number of carbonyl (C=O) groups excluding carboxylic acids is 1. The van der Waals surface area contributed by atoms with Gasteiger partial charge in [-0.1, -0.05) is 59.6 Å². The molecule has 1 fully saturated rings. The molecule has 1 amide bonds. The zero-order valence-electron chi connectivity index (χ0n) is 13.7. The maximum absolute atomic E-state index is 13.0. The fourth-order valence-electron chi connectivity index (χ4n) is 3.44. The predicted molar refractivity (Wildman–Crippen MR) is 99.5 cm³/mol. The van der Waals surface area contributed by atoms with Gasteiger partial charge in [0, 0.05) is 22.5 Å². The van der Waals surface area contributed by atoms with Crippen LogP contribution in [0.4, 0.5) is 0 Å². The Morgan fingerprint density at radius 2 is 1.75 bits per heavy atom. The number of nitrogens with zero attached hydrogens (tertiary/aromatic N) is 1. The number of carbonyl (C=O) groups is 1. The summed E-state index contributed by atoms with van der Waals surface area (Å²) in [5.41, 5.74) is 2.05. The van der Waals surface area contributed by atoms with Crippen molar-refractivity contribution in [1.82, 2.24) is 4.90 Å². The van der Waals surface area contributed by atoms with Gasteiger partial charge in [-0.25, -0.2) is 0 Å². The molecule has 0 spiro atoms. The molecule has 0 aliphatic carbocycles. The number of amides is 1. The van der Waals surface area contributed by atoms with E-state index in [0.717, 1.165) is 24.9 Å². The van der Waals surface area contributed by atoms with Gasteiger partial charge in [-0.2, -0.15) is 0 Å². The first-order chi connectivity index (χ1) is 11.6. The molecule has 2 aromatic rings. The van der Waals surface area contributed by atoms with Gasteiger partial charge in [-0.3, -0.25) is 4.79 Å². The fraction of sp³-hybridized carbons (Fsp3) is 0.350. The van der Waals surface area contributed by atoms with E-state index >= 15 is 0 Å². The van der Waals surface area contributed by atoms with E-state index in [4.69, 9.17) is 23.2 Å². The smallest absolute Gasteiger partial charge is 0.226 e. The highest BCUT2D eigenvalue weighted by Gasteiger charge is 2.32. The first kappa shape index (κ1) is 17.3. The van der Waals surface area contributed by atoms with Crippen LogP contribution in [0, 0.1) is 5.92 Å². The molecule has 0 unspecified atom stereocenters. The Kier molecular flexibility index (Phi) is 5.47.